The smallest absolute Gasteiger partial charge is 0.115 e. The largest absolute Gasteiger partial charge is 0.508 e. The zero-order valence-corrected chi connectivity index (χ0v) is 10.0. The van der Waals surface area contributed by atoms with Crippen molar-refractivity contribution in [2.45, 2.75) is 32.6 Å². The zero-order valence-electron chi connectivity index (χ0n) is 10.0. The highest BCUT2D eigenvalue weighted by molar-refractivity contribution is 5.35. The molecule has 4 heteroatoms. The minimum Gasteiger partial charge on any atom is -0.508 e. The fourth-order valence-electron chi connectivity index (χ4n) is 1.70. The van der Waals surface area contributed by atoms with Crippen LogP contribution in [0.15, 0.2) is 30.5 Å². The van der Waals surface area contributed by atoms with Crippen LogP contribution in [-0.4, -0.2) is 20.1 Å². The van der Waals surface area contributed by atoms with Gasteiger partial charge in [0.05, 0.1) is 17.6 Å². The summed E-state index contributed by atoms with van der Waals surface area (Å²) in [5.74, 6) is 0.261. The zero-order chi connectivity index (χ0) is 12.1. The fraction of sp³-hybridized carbons (Fsp3) is 0.385. The lowest BCUT2D eigenvalue weighted by Crippen LogP contribution is -1.93. The first kappa shape index (κ1) is 11.6. The number of phenols is 1. The topological polar surface area (TPSA) is 50.9 Å². The maximum absolute atomic E-state index is 9.21. The van der Waals surface area contributed by atoms with Crippen LogP contribution in [0.3, 0.4) is 0 Å². The van der Waals surface area contributed by atoms with Crippen LogP contribution in [0.4, 0.5) is 0 Å². The van der Waals surface area contributed by atoms with E-state index < -0.39 is 0 Å². The van der Waals surface area contributed by atoms with Gasteiger partial charge in [-0.25, -0.2) is 4.68 Å². The first-order valence-corrected chi connectivity index (χ1v) is 6.00. The summed E-state index contributed by atoms with van der Waals surface area (Å²) < 4.78 is 1.74. The van der Waals surface area contributed by atoms with Crippen LogP contribution >= 0.6 is 0 Å². The predicted molar refractivity (Wildman–Crippen MR) is 66.3 cm³/mol. The molecule has 0 fully saturated rings. The highest BCUT2D eigenvalue weighted by Gasteiger charge is 2.02. The number of aryl methyl sites for hydroxylation is 1. The van der Waals surface area contributed by atoms with Crippen molar-refractivity contribution in [1.82, 2.24) is 15.0 Å². The minimum absolute atomic E-state index is 0.261. The molecule has 1 aromatic carbocycles. The summed E-state index contributed by atoms with van der Waals surface area (Å²) in [6.07, 6.45) is 6.52. The molecule has 0 radical (unpaired) electrons. The van der Waals surface area contributed by atoms with E-state index in [0.29, 0.717) is 0 Å². The molecule has 0 saturated carbocycles. The molecule has 0 aliphatic carbocycles. The maximum atomic E-state index is 9.21. The minimum atomic E-state index is 0.261. The van der Waals surface area contributed by atoms with E-state index in [9.17, 15) is 5.11 Å². The van der Waals surface area contributed by atoms with Gasteiger partial charge in [0.2, 0.25) is 0 Å². The third-order valence-corrected chi connectivity index (χ3v) is 2.69. The third kappa shape index (κ3) is 3.06. The monoisotopic (exact) mass is 231 g/mol. The van der Waals surface area contributed by atoms with E-state index in [1.807, 2.05) is 18.3 Å². The van der Waals surface area contributed by atoms with E-state index in [2.05, 4.69) is 17.2 Å². The summed E-state index contributed by atoms with van der Waals surface area (Å²) in [6.45, 7) is 2.19. The van der Waals surface area contributed by atoms with Gasteiger partial charge in [-0.05, 0) is 37.1 Å². The van der Waals surface area contributed by atoms with Crippen molar-refractivity contribution in [1.29, 1.82) is 0 Å². The quantitative estimate of drug-likeness (QED) is 0.805. The molecule has 0 bridgehead atoms. The van der Waals surface area contributed by atoms with E-state index >= 15 is 0 Å². The van der Waals surface area contributed by atoms with Crippen LogP contribution in [0, 0.1) is 0 Å². The molecule has 1 aromatic heterocycles. The number of benzene rings is 1. The van der Waals surface area contributed by atoms with Gasteiger partial charge in [0.15, 0.2) is 0 Å². The Morgan fingerprint density at radius 1 is 1.18 bits per heavy atom. The molecule has 0 spiro atoms. The van der Waals surface area contributed by atoms with Gasteiger partial charge in [-0.15, -0.1) is 5.10 Å². The lowest BCUT2D eigenvalue weighted by Gasteiger charge is -1.99. The molecule has 0 aliphatic heterocycles. The Hall–Kier alpha value is -1.84. The highest BCUT2D eigenvalue weighted by Crippen LogP contribution is 2.13. The molecule has 2 aromatic rings. The van der Waals surface area contributed by atoms with Gasteiger partial charge < -0.3 is 5.11 Å². The van der Waals surface area contributed by atoms with Crippen LogP contribution in [0.5, 0.6) is 5.75 Å². The molecule has 0 atom stereocenters. The van der Waals surface area contributed by atoms with Crippen molar-refractivity contribution in [3.8, 4) is 11.4 Å². The molecule has 0 saturated heterocycles. The standard InChI is InChI=1S/C13H17N3O/c1-2-3-4-5-11-10-16(15-14-11)12-6-8-13(17)9-7-12/h6-10,17H,2-5H2,1H3. The Morgan fingerprint density at radius 2 is 1.94 bits per heavy atom. The number of aromatic nitrogens is 3. The number of phenolic OH excluding ortho intramolecular Hbond substituents is 1. The number of hydrogen-bond donors (Lipinski definition) is 1. The van der Waals surface area contributed by atoms with Crippen LogP contribution in [-0.2, 0) is 6.42 Å². The maximum Gasteiger partial charge on any atom is 0.115 e. The van der Waals surface area contributed by atoms with Crippen LogP contribution in [0.2, 0.25) is 0 Å². The Morgan fingerprint density at radius 3 is 2.65 bits per heavy atom. The number of hydrogen-bond acceptors (Lipinski definition) is 3. The van der Waals surface area contributed by atoms with Crippen molar-refractivity contribution >= 4 is 0 Å². The Labute approximate surface area is 101 Å². The van der Waals surface area contributed by atoms with Gasteiger partial charge in [0, 0.05) is 0 Å². The number of nitrogens with zero attached hydrogens (tertiary/aromatic N) is 3. The van der Waals surface area contributed by atoms with Gasteiger partial charge in [0.25, 0.3) is 0 Å². The first-order valence-electron chi connectivity index (χ1n) is 6.00. The molecule has 4 nitrogen and oxygen atoms in total. The van der Waals surface area contributed by atoms with E-state index in [-0.39, 0.29) is 5.75 Å². The van der Waals surface area contributed by atoms with Crippen molar-refractivity contribution in [2.75, 3.05) is 0 Å². The van der Waals surface area contributed by atoms with E-state index in [1.165, 1.54) is 12.8 Å². The van der Waals surface area contributed by atoms with Crippen molar-refractivity contribution in [3.63, 3.8) is 0 Å². The third-order valence-electron chi connectivity index (χ3n) is 2.69. The Kier molecular flexibility index (Phi) is 3.75. The molecule has 90 valence electrons. The average Bonchev–Trinajstić information content (AvgIpc) is 2.79. The van der Waals surface area contributed by atoms with E-state index in [4.69, 9.17) is 0 Å². The van der Waals surface area contributed by atoms with E-state index in [0.717, 1.165) is 24.2 Å². The lowest BCUT2D eigenvalue weighted by atomic mass is 10.2. The van der Waals surface area contributed by atoms with Crippen molar-refractivity contribution < 1.29 is 5.11 Å². The molecular weight excluding hydrogens is 214 g/mol. The molecule has 1 heterocycles. The van der Waals surface area contributed by atoms with Crippen LogP contribution in [0.1, 0.15) is 31.9 Å². The van der Waals surface area contributed by atoms with Gasteiger partial charge in [-0.1, -0.05) is 25.0 Å². The van der Waals surface area contributed by atoms with Gasteiger partial charge in [-0.3, -0.25) is 0 Å². The summed E-state index contributed by atoms with van der Waals surface area (Å²) in [5.41, 5.74) is 1.93. The number of unbranched alkanes of at least 4 members (excludes halogenated alkanes) is 2. The van der Waals surface area contributed by atoms with Crippen molar-refractivity contribution in [3.05, 3.63) is 36.2 Å². The van der Waals surface area contributed by atoms with Crippen molar-refractivity contribution in [2.24, 2.45) is 0 Å². The van der Waals surface area contributed by atoms with Gasteiger partial charge >= 0.3 is 0 Å². The Bertz CT molecular complexity index is 462. The number of rotatable bonds is 5. The van der Waals surface area contributed by atoms with Crippen LogP contribution in [0.25, 0.3) is 5.69 Å². The lowest BCUT2D eigenvalue weighted by molar-refractivity contribution is 0.475. The summed E-state index contributed by atoms with van der Waals surface area (Å²) in [6, 6.07) is 6.93. The first-order chi connectivity index (χ1) is 8.29. The van der Waals surface area contributed by atoms with Crippen LogP contribution < -0.4 is 0 Å². The summed E-state index contributed by atoms with van der Waals surface area (Å²) in [7, 11) is 0. The molecular formula is C13H17N3O. The Balaban J connectivity index is 2.04. The second-order valence-corrected chi connectivity index (χ2v) is 4.13. The average molecular weight is 231 g/mol. The SMILES string of the molecule is CCCCCc1cn(-c2ccc(O)cc2)nn1. The summed E-state index contributed by atoms with van der Waals surface area (Å²) in [4.78, 5) is 0. The highest BCUT2D eigenvalue weighted by atomic mass is 16.3. The van der Waals surface area contributed by atoms with Gasteiger partial charge in [-0.2, -0.15) is 0 Å². The second-order valence-electron chi connectivity index (χ2n) is 4.13. The normalized spacial score (nSPS) is 10.6. The molecule has 2 rings (SSSR count). The molecule has 0 aliphatic rings. The van der Waals surface area contributed by atoms with Gasteiger partial charge in [0.1, 0.15) is 5.75 Å². The summed E-state index contributed by atoms with van der Waals surface area (Å²) >= 11 is 0. The summed E-state index contributed by atoms with van der Waals surface area (Å²) in [5, 5.41) is 17.4. The van der Waals surface area contributed by atoms with E-state index in [1.54, 1.807) is 16.8 Å². The predicted octanol–water partition coefficient (Wildman–Crippen LogP) is 2.71. The fourth-order valence-corrected chi connectivity index (χ4v) is 1.70. The molecule has 0 amide bonds. The second kappa shape index (κ2) is 5.48. The number of aromatic hydroxyl groups is 1. The molecule has 1 N–H and O–H groups in total. The molecule has 17 heavy (non-hydrogen) atoms. The molecule has 0 unspecified atom stereocenters.